The highest BCUT2D eigenvalue weighted by Crippen LogP contribution is 2.32. The van der Waals surface area contributed by atoms with E-state index < -0.39 is 5.97 Å². The van der Waals surface area contributed by atoms with Gasteiger partial charge in [0.15, 0.2) is 5.69 Å². The SMILES string of the molecule is CC(C)OC(=O)c1cc(Cl)c(Cl)c(-c2ccccc2)n1. The Bertz CT molecular complexity index is 627. The number of carbonyl (C=O) groups is 1. The number of benzene rings is 1. The number of ether oxygens (including phenoxy) is 1. The van der Waals surface area contributed by atoms with Gasteiger partial charge in [-0.2, -0.15) is 0 Å². The summed E-state index contributed by atoms with van der Waals surface area (Å²) in [5.41, 5.74) is 1.40. The number of aromatic nitrogens is 1. The number of carbonyl (C=O) groups excluding carboxylic acids is 1. The van der Waals surface area contributed by atoms with Gasteiger partial charge in [-0.3, -0.25) is 0 Å². The predicted octanol–water partition coefficient (Wildman–Crippen LogP) is 4.62. The first kappa shape index (κ1) is 14.8. The fourth-order valence-electron chi connectivity index (χ4n) is 1.66. The summed E-state index contributed by atoms with van der Waals surface area (Å²) < 4.78 is 5.12. The van der Waals surface area contributed by atoms with Crippen molar-refractivity contribution in [2.45, 2.75) is 20.0 Å². The average Bonchev–Trinajstić information content (AvgIpc) is 2.41. The fraction of sp³-hybridized carbons (Fsp3) is 0.200. The second kappa shape index (κ2) is 6.25. The van der Waals surface area contributed by atoms with Crippen LogP contribution in [0.2, 0.25) is 10.0 Å². The van der Waals surface area contributed by atoms with E-state index in [1.165, 1.54) is 6.07 Å². The third-order valence-electron chi connectivity index (χ3n) is 2.51. The van der Waals surface area contributed by atoms with E-state index in [1.54, 1.807) is 13.8 Å². The summed E-state index contributed by atoms with van der Waals surface area (Å²) >= 11 is 12.2. The Hall–Kier alpha value is -1.58. The summed E-state index contributed by atoms with van der Waals surface area (Å²) in [4.78, 5) is 16.2. The van der Waals surface area contributed by atoms with Crippen molar-refractivity contribution in [1.82, 2.24) is 4.98 Å². The van der Waals surface area contributed by atoms with Crippen LogP contribution in [0.25, 0.3) is 11.3 Å². The Balaban J connectivity index is 2.48. The maximum Gasteiger partial charge on any atom is 0.357 e. The number of hydrogen-bond acceptors (Lipinski definition) is 3. The molecule has 2 rings (SSSR count). The molecule has 0 aliphatic rings. The van der Waals surface area contributed by atoms with Crippen molar-refractivity contribution < 1.29 is 9.53 Å². The third kappa shape index (κ3) is 3.30. The number of pyridine rings is 1. The van der Waals surface area contributed by atoms with Crippen molar-refractivity contribution in [2.75, 3.05) is 0 Å². The van der Waals surface area contributed by atoms with Crippen molar-refractivity contribution >= 4 is 29.2 Å². The molecule has 20 heavy (non-hydrogen) atoms. The van der Waals surface area contributed by atoms with Gasteiger partial charge in [0.25, 0.3) is 0 Å². The van der Waals surface area contributed by atoms with Crippen molar-refractivity contribution in [1.29, 1.82) is 0 Å². The monoisotopic (exact) mass is 309 g/mol. The van der Waals surface area contributed by atoms with Crippen LogP contribution in [0.3, 0.4) is 0 Å². The van der Waals surface area contributed by atoms with E-state index in [0.29, 0.717) is 10.7 Å². The lowest BCUT2D eigenvalue weighted by Crippen LogP contribution is -2.13. The molecule has 0 saturated heterocycles. The van der Waals surface area contributed by atoms with Crippen LogP contribution in [-0.2, 0) is 4.74 Å². The van der Waals surface area contributed by atoms with Crippen molar-refractivity contribution in [3.05, 3.63) is 52.1 Å². The highest BCUT2D eigenvalue weighted by atomic mass is 35.5. The Morgan fingerprint density at radius 2 is 1.85 bits per heavy atom. The molecule has 0 saturated carbocycles. The number of nitrogens with zero attached hydrogens (tertiary/aromatic N) is 1. The van der Waals surface area contributed by atoms with Crippen LogP contribution in [0.4, 0.5) is 0 Å². The van der Waals surface area contributed by atoms with Gasteiger partial charge in [0.05, 0.1) is 21.8 Å². The molecule has 1 aromatic carbocycles. The van der Waals surface area contributed by atoms with Crippen LogP contribution in [0.5, 0.6) is 0 Å². The minimum atomic E-state index is -0.518. The Labute approximate surface area is 127 Å². The number of halogens is 2. The molecule has 2 aromatic rings. The maximum atomic E-state index is 11.9. The molecule has 3 nitrogen and oxygen atoms in total. The Morgan fingerprint density at radius 3 is 2.45 bits per heavy atom. The topological polar surface area (TPSA) is 39.2 Å². The molecule has 104 valence electrons. The molecule has 1 heterocycles. The van der Waals surface area contributed by atoms with E-state index in [2.05, 4.69) is 4.98 Å². The van der Waals surface area contributed by atoms with Gasteiger partial charge in [-0.1, -0.05) is 53.5 Å². The molecular formula is C15H13Cl2NO2. The van der Waals surface area contributed by atoms with Crippen molar-refractivity contribution in [2.24, 2.45) is 0 Å². The molecule has 0 atom stereocenters. The second-order valence-electron chi connectivity index (χ2n) is 4.47. The van der Waals surface area contributed by atoms with Gasteiger partial charge in [0.2, 0.25) is 0 Å². The van der Waals surface area contributed by atoms with E-state index >= 15 is 0 Å². The van der Waals surface area contributed by atoms with E-state index in [9.17, 15) is 4.79 Å². The van der Waals surface area contributed by atoms with Crippen LogP contribution in [0.15, 0.2) is 36.4 Å². The lowest BCUT2D eigenvalue weighted by atomic mass is 10.1. The van der Waals surface area contributed by atoms with Crippen molar-refractivity contribution in [3.8, 4) is 11.3 Å². The molecule has 0 aliphatic heterocycles. The quantitative estimate of drug-likeness (QED) is 0.776. The average molecular weight is 310 g/mol. The number of hydrogen-bond donors (Lipinski definition) is 0. The van der Waals surface area contributed by atoms with Gasteiger partial charge >= 0.3 is 5.97 Å². The molecule has 0 aliphatic carbocycles. The first-order valence-corrected chi connectivity index (χ1v) is 6.87. The Kier molecular flexibility index (Phi) is 4.63. The molecule has 1 aromatic heterocycles. The van der Waals surface area contributed by atoms with Gasteiger partial charge in [-0.15, -0.1) is 0 Å². The Morgan fingerprint density at radius 1 is 1.20 bits per heavy atom. The molecule has 0 amide bonds. The van der Waals surface area contributed by atoms with Gasteiger partial charge in [0, 0.05) is 5.56 Å². The standard InChI is InChI=1S/C15H13Cl2NO2/c1-9(2)20-15(19)12-8-11(16)13(17)14(18-12)10-6-4-3-5-7-10/h3-9H,1-2H3. The zero-order chi connectivity index (χ0) is 14.7. The molecule has 0 unspecified atom stereocenters. The minimum Gasteiger partial charge on any atom is -0.458 e. The normalized spacial score (nSPS) is 10.7. The summed E-state index contributed by atoms with van der Waals surface area (Å²) in [7, 11) is 0. The van der Waals surface area contributed by atoms with E-state index in [-0.39, 0.29) is 16.8 Å². The van der Waals surface area contributed by atoms with Gasteiger partial charge in [-0.05, 0) is 19.9 Å². The highest BCUT2D eigenvalue weighted by molar-refractivity contribution is 6.43. The molecule has 0 fully saturated rings. The fourth-order valence-corrected chi connectivity index (χ4v) is 2.06. The molecule has 5 heteroatoms. The molecule has 0 bridgehead atoms. The summed E-state index contributed by atoms with van der Waals surface area (Å²) in [6.07, 6.45) is -0.223. The summed E-state index contributed by atoms with van der Waals surface area (Å²) in [5.74, 6) is -0.518. The zero-order valence-electron chi connectivity index (χ0n) is 11.1. The smallest absolute Gasteiger partial charge is 0.357 e. The molecule has 0 N–H and O–H groups in total. The van der Waals surface area contributed by atoms with Crippen LogP contribution in [0.1, 0.15) is 24.3 Å². The summed E-state index contributed by atoms with van der Waals surface area (Å²) in [6.45, 7) is 3.54. The van der Waals surface area contributed by atoms with E-state index in [0.717, 1.165) is 5.56 Å². The minimum absolute atomic E-state index is 0.145. The van der Waals surface area contributed by atoms with Gasteiger partial charge < -0.3 is 4.74 Å². The highest BCUT2D eigenvalue weighted by Gasteiger charge is 2.17. The van der Waals surface area contributed by atoms with Crippen LogP contribution < -0.4 is 0 Å². The first-order valence-electron chi connectivity index (χ1n) is 6.11. The van der Waals surface area contributed by atoms with Gasteiger partial charge in [-0.25, -0.2) is 9.78 Å². The molecule has 0 radical (unpaired) electrons. The van der Waals surface area contributed by atoms with E-state index in [4.69, 9.17) is 27.9 Å². The largest absolute Gasteiger partial charge is 0.458 e. The van der Waals surface area contributed by atoms with Crippen LogP contribution in [-0.4, -0.2) is 17.1 Å². The lowest BCUT2D eigenvalue weighted by molar-refractivity contribution is 0.0371. The maximum absolute atomic E-state index is 11.9. The predicted molar refractivity (Wildman–Crippen MR) is 80.2 cm³/mol. The van der Waals surface area contributed by atoms with E-state index in [1.807, 2.05) is 30.3 Å². The number of rotatable bonds is 3. The summed E-state index contributed by atoms with van der Waals surface area (Å²) in [6, 6.07) is 10.7. The summed E-state index contributed by atoms with van der Waals surface area (Å²) in [5, 5.41) is 0.593. The molecule has 0 spiro atoms. The zero-order valence-corrected chi connectivity index (χ0v) is 12.6. The van der Waals surface area contributed by atoms with Crippen LogP contribution in [0, 0.1) is 0 Å². The number of esters is 1. The second-order valence-corrected chi connectivity index (χ2v) is 5.26. The first-order chi connectivity index (χ1) is 9.49. The van der Waals surface area contributed by atoms with Gasteiger partial charge in [0.1, 0.15) is 0 Å². The van der Waals surface area contributed by atoms with Crippen molar-refractivity contribution in [3.63, 3.8) is 0 Å². The van der Waals surface area contributed by atoms with Crippen LogP contribution >= 0.6 is 23.2 Å². The third-order valence-corrected chi connectivity index (χ3v) is 3.29. The molecular weight excluding hydrogens is 297 g/mol. The lowest BCUT2D eigenvalue weighted by Gasteiger charge is -2.10.